The Morgan fingerprint density at radius 2 is 2.07 bits per heavy atom. The lowest BCUT2D eigenvalue weighted by Crippen LogP contribution is -2.34. The highest BCUT2D eigenvalue weighted by molar-refractivity contribution is 6.15. The number of aryl methyl sites for hydroxylation is 1. The number of allylic oxidation sites excluding steroid dienone is 1. The lowest BCUT2D eigenvalue weighted by molar-refractivity contribution is -0.384. The molecule has 0 spiro atoms. The molecule has 0 saturated carbocycles. The number of non-ortho nitro benzene ring substituents is 1. The molecule has 150 valence electrons. The van der Waals surface area contributed by atoms with E-state index >= 15 is 0 Å². The summed E-state index contributed by atoms with van der Waals surface area (Å²) in [6.45, 7) is 4.19. The number of fused-ring (bicyclic) bond motifs is 3. The van der Waals surface area contributed by atoms with Crippen molar-refractivity contribution in [3.05, 3.63) is 68.5 Å². The minimum absolute atomic E-state index is 0.00711. The number of nitro benzene ring substituents is 1. The molecule has 29 heavy (non-hydrogen) atoms. The van der Waals surface area contributed by atoms with Gasteiger partial charge in [0.2, 0.25) is 5.78 Å². The van der Waals surface area contributed by atoms with E-state index in [0.717, 1.165) is 16.9 Å². The number of hydrogen-bond donors (Lipinski definition) is 0. The molecule has 0 amide bonds. The van der Waals surface area contributed by atoms with Gasteiger partial charge in [-0.3, -0.25) is 19.8 Å². The maximum atomic E-state index is 13.0. The first-order valence-corrected chi connectivity index (χ1v) is 9.17. The second kappa shape index (κ2) is 7.65. The molecule has 0 radical (unpaired) electrons. The molecular weight excluding hydrogens is 376 g/mol. The minimum atomic E-state index is -0.463. The van der Waals surface area contributed by atoms with E-state index < -0.39 is 4.92 Å². The Hall–Kier alpha value is -3.23. The van der Waals surface area contributed by atoms with Crippen molar-refractivity contribution in [1.29, 1.82) is 0 Å². The van der Waals surface area contributed by atoms with E-state index in [4.69, 9.17) is 14.2 Å². The summed E-state index contributed by atoms with van der Waals surface area (Å²) in [4.78, 5) is 25.4. The Kier molecular flexibility index (Phi) is 5.04. The molecule has 0 saturated heterocycles. The fraction of sp³-hybridized carbons (Fsp3) is 0.286. The third kappa shape index (κ3) is 3.59. The second-order valence-corrected chi connectivity index (χ2v) is 6.98. The van der Waals surface area contributed by atoms with E-state index in [1.54, 1.807) is 25.3 Å². The summed E-state index contributed by atoms with van der Waals surface area (Å²) in [7, 11) is 1.65. The van der Waals surface area contributed by atoms with Gasteiger partial charge in [-0.15, -0.1) is 0 Å². The number of rotatable bonds is 5. The zero-order valence-corrected chi connectivity index (χ0v) is 16.1. The topological polar surface area (TPSA) is 91.1 Å². The SMILES string of the molecule is COCCN1COc2cc(C)c3c(c2C1)O/C(=C\c1ccc([N+](=O)[O-])cc1)C3=O. The van der Waals surface area contributed by atoms with E-state index in [1.165, 1.54) is 12.1 Å². The molecule has 2 aromatic carbocycles. The summed E-state index contributed by atoms with van der Waals surface area (Å²) in [5.74, 6) is 1.24. The van der Waals surface area contributed by atoms with Crippen LogP contribution >= 0.6 is 0 Å². The average molecular weight is 396 g/mol. The second-order valence-electron chi connectivity index (χ2n) is 6.98. The lowest BCUT2D eigenvalue weighted by Gasteiger charge is -2.29. The van der Waals surface area contributed by atoms with E-state index in [1.807, 2.05) is 13.0 Å². The van der Waals surface area contributed by atoms with Gasteiger partial charge in [0.15, 0.2) is 5.76 Å². The van der Waals surface area contributed by atoms with E-state index in [2.05, 4.69) is 4.90 Å². The van der Waals surface area contributed by atoms with Crippen LogP contribution in [0, 0.1) is 17.0 Å². The lowest BCUT2D eigenvalue weighted by atomic mass is 9.98. The molecule has 4 rings (SSSR count). The Labute approximate surface area is 167 Å². The summed E-state index contributed by atoms with van der Waals surface area (Å²) in [5, 5.41) is 10.8. The maximum absolute atomic E-state index is 13.0. The fourth-order valence-electron chi connectivity index (χ4n) is 3.48. The molecule has 0 unspecified atom stereocenters. The van der Waals surface area contributed by atoms with Crippen molar-refractivity contribution in [1.82, 2.24) is 4.90 Å². The summed E-state index contributed by atoms with van der Waals surface area (Å²) < 4.78 is 17.0. The van der Waals surface area contributed by atoms with Gasteiger partial charge in [-0.1, -0.05) is 0 Å². The highest BCUT2D eigenvalue weighted by Gasteiger charge is 2.35. The number of nitrogens with zero attached hydrogens (tertiary/aromatic N) is 2. The number of ether oxygens (including phenoxy) is 3. The first kappa shape index (κ1) is 19.1. The molecule has 8 heteroatoms. The predicted molar refractivity (Wildman–Crippen MR) is 105 cm³/mol. The smallest absolute Gasteiger partial charge is 0.269 e. The number of carbonyl (C=O) groups is 1. The number of Topliss-reactive ketones (excluding diaryl/α,β-unsaturated/α-hetero) is 1. The highest BCUT2D eigenvalue weighted by Crippen LogP contribution is 2.44. The first-order chi connectivity index (χ1) is 14.0. The number of hydrogen-bond acceptors (Lipinski definition) is 7. The third-order valence-electron chi connectivity index (χ3n) is 5.00. The molecule has 0 bridgehead atoms. The minimum Gasteiger partial charge on any atom is -0.478 e. The molecule has 2 aliphatic rings. The predicted octanol–water partition coefficient (Wildman–Crippen LogP) is 3.32. The molecule has 0 N–H and O–H groups in total. The number of carbonyl (C=O) groups excluding carboxylic acids is 1. The number of ketones is 1. The van der Waals surface area contributed by atoms with Gasteiger partial charge in [0.1, 0.15) is 18.2 Å². The number of nitro groups is 1. The van der Waals surface area contributed by atoms with Crippen LogP contribution in [0.25, 0.3) is 6.08 Å². The van der Waals surface area contributed by atoms with E-state index in [9.17, 15) is 14.9 Å². The van der Waals surface area contributed by atoms with Gasteiger partial charge in [-0.2, -0.15) is 0 Å². The molecule has 0 aromatic heterocycles. The highest BCUT2D eigenvalue weighted by atomic mass is 16.6. The molecule has 0 fully saturated rings. The Bertz CT molecular complexity index is 1010. The molecule has 8 nitrogen and oxygen atoms in total. The van der Waals surface area contributed by atoms with Crippen LogP contribution in [0.15, 0.2) is 36.1 Å². The van der Waals surface area contributed by atoms with Crippen molar-refractivity contribution in [2.75, 3.05) is 27.0 Å². The van der Waals surface area contributed by atoms with Crippen molar-refractivity contribution in [2.45, 2.75) is 13.5 Å². The number of methoxy groups -OCH3 is 1. The molecule has 2 heterocycles. The van der Waals surface area contributed by atoms with Gasteiger partial charge < -0.3 is 14.2 Å². The van der Waals surface area contributed by atoms with Gasteiger partial charge in [-0.25, -0.2) is 0 Å². The van der Waals surface area contributed by atoms with E-state index in [0.29, 0.717) is 43.3 Å². The first-order valence-electron chi connectivity index (χ1n) is 9.17. The van der Waals surface area contributed by atoms with Crippen LogP contribution in [0.3, 0.4) is 0 Å². The van der Waals surface area contributed by atoms with Gasteiger partial charge in [0.05, 0.1) is 22.7 Å². The summed E-state index contributed by atoms with van der Waals surface area (Å²) in [6, 6.07) is 7.84. The van der Waals surface area contributed by atoms with Crippen LogP contribution in [0.2, 0.25) is 0 Å². The third-order valence-corrected chi connectivity index (χ3v) is 5.00. The summed E-state index contributed by atoms with van der Waals surface area (Å²) in [6.07, 6.45) is 1.60. The number of benzene rings is 2. The van der Waals surface area contributed by atoms with Crippen LogP contribution < -0.4 is 9.47 Å². The van der Waals surface area contributed by atoms with Crippen molar-refractivity contribution in [2.24, 2.45) is 0 Å². The zero-order chi connectivity index (χ0) is 20.5. The standard InChI is InChI=1S/C21H20N2O6/c1-13-9-17-16(11-22(12-28-17)7-8-27-2)21-19(13)20(24)18(29-21)10-14-3-5-15(6-4-14)23(25)26/h3-6,9-10H,7-8,11-12H2,1-2H3/b18-10-. The van der Waals surface area contributed by atoms with Crippen LogP contribution in [-0.2, 0) is 11.3 Å². The summed E-state index contributed by atoms with van der Waals surface area (Å²) >= 11 is 0. The molecule has 2 aromatic rings. The van der Waals surface area contributed by atoms with Crippen molar-refractivity contribution >= 4 is 17.5 Å². The quantitative estimate of drug-likeness (QED) is 0.435. The van der Waals surface area contributed by atoms with Crippen LogP contribution in [0.5, 0.6) is 11.5 Å². The monoisotopic (exact) mass is 396 g/mol. The zero-order valence-electron chi connectivity index (χ0n) is 16.1. The normalized spacial score (nSPS) is 16.9. The largest absolute Gasteiger partial charge is 0.478 e. The van der Waals surface area contributed by atoms with E-state index in [-0.39, 0.29) is 17.2 Å². The fourth-order valence-corrected chi connectivity index (χ4v) is 3.48. The molecular formula is C21H20N2O6. The van der Waals surface area contributed by atoms with Crippen molar-refractivity contribution < 1.29 is 23.9 Å². The molecule has 2 aliphatic heterocycles. The summed E-state index contributed by atoms with van der Waals surface area (Å²) in [5.41, 5.74) is 2.81. The van der Waals surface area contributed by atoms with Gasteiger partial charge in [-0.05, 0) is 42.3 Å². The van der Waals surface area contributed by atoms with Gasteiger partial charge in [0, 0.05) is 32.3 Å². The Morgan fingerprint density at radius 1 is 1.31 bits per heavy atom. The Morgan fingerprint density at radius 3 is 2.76 bits per heavy atom. The Balaban J connectivity index is 1.65. The van der Waals surface area contributed by atoms with Gasteiger partial charge in [0.25, 0.3) is 5.69 Å². The van der Waals surface area contributed by atoms with Crippen LogP contribution in [-0.4, -0.2) is 42.6 Å². The molecule has 0 aliphatic carbocycles. The van der Waals surface area contributed by atoms with Crippen LogP contribution in [0.1, 0.15) is 27.0 Å². The van der Waals surface area contributed by atoms with Crippen LogP contribution in [0.4, 0.5) is 5.69 Å². The molecule has 0 atom stereocenters. The average Bonchev–Trinajstić information content (AvgIpc) is 3.04. The van der Waals surface area contributed by atoms with Crippen molar-refractivity contribution in [3.8, 4) is 11.5 Å². The van der Waals surface area contributed by atoms with Gasteiger partial charge >= 0.3 is 0 Å². The van der Waals surface area contributed by atoms with Crippen molar-refractivity contribution in [3.63, 3.8) is 0 Å². The maximum Gasteiger partial charge on any atom is 0.269 e.